The number of benzene rings is 2. The molecule has 1 aromatic heterocycles. The van der Waals surface area contributed by atoms with E-state index in [1.165, 1.54) is 0 Å². The summed E-state index contributed by atoms with van der Waals surface area (Å²) in [6.45, 7) is 0.667. The predicted molar refractivity (Wildman–Crippen MR) is 101 cm³/mol. The smallest absolute Gasteiger partial charge is 0.227 e. The maximum absolute atomic E-state index is 12.8. The molecule has 0 unspecified atom stereocenters. The van der Waals surface area contributed by atoms with Crippen LogP contribution in [0.25, 0.3) is 10.8 Å². The Morgan fingerprint density at radius 3 is 2.81 bits per heavy atom. The third-order valence-electron chi connectivity index (χ3n) is 4.29. The Labute approximate surface area is 152 Å². The molecule has 134 valence electrons. The quantitative estimate of drug-likeness (QED) is 0.712. The van der Waals surface area contributed by atoms with Gasteiger partial charge < -0.3 is 14.7 Å². The summed E-state index contributed by atoms with van der Waals surface area (Å²) >= 11 is 0. The van der Waals surface area contributed by atoms with Crippen molar-refractivity contribution in [3.05, 3.63) is 72.1 Å². The number of pyridine rings is 1. The number of carbonyl (C=O) groups is 1. The van der Waals surface area contributed by atoms with Crippen LogP contribution in [0.3, 0.4) is 0 Å². The molecule has 3 aromatic rings. The molecule has 3 rings (SSSR count). The maximum Gasteiger partial charge on any atom is 0.227 e. The van der Waals surface area contributed by atoms with Crippen molar-refractivity contribution in [1.29, 1.82) is 0 Å². The van der Waals surface area contributed by atoms with E-state index in [4.69, 9.17) is 4.74 Å². The number of hydrogen-bond acceptors (Lipinski definition) is 4. The normalized spacial score (nSPS) is 10.7. The molecule has 1 N–H and O–H groups in total. The van der Waals surface area contributed by atoms with Crippen molar-refractivity contribution < 1.29 is 14.6 Å². The average molecular weight is 350 g/mol. The monoisotopic (exact) mass is 350 g/mol. The summed E-state index contributed by atoms with van der Waals surface area (Å²) in [7, 11) is 1.62. The van der Waals surface area contributed by atoms with Gasteiger partial charge >= 0.3 is 0 Å². The number of aliphatic hydroxyl groups is 1. The van der Waals surface area contributed by atoms with Gasteiger partial charge in [0, 0.05) is 30.9 Å². The molecule has 0 spiro atoms. The Kier molecular flexibility index (Phi) is 5.81. The molecule has 0 aliphatic carbocycles. The third kappa shape index (κ3) is 4.37. The minimum Gasteiger partial charge on any atom is -0.497 e. The van der Waals surface area contributed by atoms with Crippen molar-refractivity contribution in [1.82, 2.24) is 9.88 Å². The average Bonchev–Trinajstić information content (AvgIpc) is 2.67. The van der Waals surface area contributed by atoms with Gasteiger partial charge in [-0.2, -0.15) is 0 Å². The van der Waals surface area contributed by atoms with E-state index in [2.05, 4.69) is 4.98 Å². The molecular weight excluding hydrogens is 328 g/mol. The zero-order chi connectivity index (χ0) is 18.4. The van der Waals surface area contributed by atoms with Crippen molar-refractivity contribution in [3.8, 4) is 5.75 Å². The van der Waals surface area contributed by atoms with Gasteiger partial charge in [-0.3, -0.25) is 9.78 Å². The summed E-state index contributed by atoms with van der Waals surface area (Å²) in [5.74, 6) is 0.734. The number of aliphatic hydroxyl groups excluding tert-OH is 1. The van der Waals surface area contributed by atoms with Gasteiger partial charge in [-0.15, -0.1) is 0 Å². The van der Waals surface area contributed by atoms with Crippen LogP contribution in [0.15, 0.2) is 60.9 Å². The summed E-state index contributed by atoms with van der Waals surface area (Å²) in [5.41, 5.74) is 1.91. The highest BCUT2D eigenvalue weighted by Crippen LogP contribution is 2.17. The molecule has 0 saturated heterocycles. The molecular formula is C21H22N2O3. The van der Waals surface area contributed by atoms with E-state index >= 15 is 0 Å². The summed E-state index contributed by atoms with van der Waals surface area (Å²) in [6.07, 6.45) is 3.85. The SMILES string of the molecule is COc1cccc(CN(CCO)C(=O)Cc2ccc3cnccc3c2)c1. The molecule has 0 aliphatic heterocycles. The van der Waals surface area contributed by atoms with Gasteiger partial charge in [0.05, 0.1) is 20.1 Å². The molecule has 0 fully saturated rings. The van der Waals surface area contributed by atoms with Crippen LogP contribution in [-0.2, 0) is 17.8 Å². The second-order valence-corrected chi connectivity index (χ2v) is 6.12. The molecule has 5 nitrogen and oxygen atoms in total. The van der Waals surface area contributed by atoms with Crippen molar-refractivity contribution in [2.45, 2.75) is 13.0 Å². The van der Waals surface area contributed by atoms with Crippen LogP contribution in [0.4, 0.5) is 0 Å². The number of ether oxygens (including phenoxy) is 1. The first-order valence-corrected chi connectivity index (χ1v) is 8.54. The molecule has 0 aliphatic rings. The first kappa shape index (κ1) is 17.9. The highest BCUT2D eigenvalue weighted by molar-refractivity contribution is 5.84. The van der Waals surface area contributed by atoms with Gasteiger partial charge in [0.1, 0.15) is 5.75 Å². The van der Waals surface area contributed by atoms with Gasteiger partial charge in [-0.05, 0) is 34.7 Å². The molecule has 1 heterocycles. The molecule has 0 bridgehead atoms. The van der Waals surface area contributed by atoms with Crippen LogP contribution in [0.2, 0.25) is 0 Å². The molecule has 0 atom stereocenters. The lowest BCUT2D eigenvalue weighted by atomic mass is 10.1. The topological polar surface area (TPSA) is 62.7 Å². The Bertz CT molecular complexity index is 895. The lowest BCUT2D eigenvalue weighted by Gasteiger charge is -2.22. The number of hydrogen-bond donors (Lipinski definition) is 1. The van der Waals surface area contributed by atoms with Crippen LogP contribution in [0, 0.1) is 0 Å². The highest BCUT2D eigenvalue weighted by Gasteiger charge is 2.15. The van der Waals surface area contributed by atoms with E-state index in [1.54, 1.807) is 18.2 Å². The van der Waals surface area contributed by atoms with E-state index in [1.807, 2.05) is 54.7 Å². The molecule has 1 amide bonds. The Balaban J connectivity index is 1.74. The largest absolute Gasteiger partial charge is 0.497 e. The number of fused-ring (bicyclic) bond motifs is 1. The third-order valence-corrected chi connectivity index (χ3v) is 4.29. The van der Waals surface area contributed by atoms with E-state index in [9.17, 15) is 9.90 Å². The molecule has 0 saturated carbocycles. The lowest BCUT2D eigenvalue weighted by Crippen LogP contribution is -2.34. The van der Waals surface area contributed by atoms with Crippen molar-refractivity contribution in [3.63, 3.8) is 0 Å². The first-order valence-electron chi connectivity index (χ1n) is 8.54. The zero-order valence-electron chi connectivity index (χ0n) is 14.8. The number of aromatic nitrogens is 1. The van der Waals surface area contributed by atoms with Crippen molar-refractivity contribution >= 4 is 16.7 Å². The van der Waals surface area contributed by atoms with Crippen LogP contribution in [0.1, 0.15) is 11.1 Å². The standard InChI is InChI=1S/C21H22N2O3/c1-26-20-4-2-3-17(12-20)15-23(9-10-24)21(25)13-16-5-6-19-14-22-8-7-18(19)11-16/h2-8,11-12,14,24H,9-10,13,15H2,1H3. The fraction of sp³-hybridized carbons (Fsp3) is 0.238. The van der Waals surface area contributed by atoms with Crippen molar-refractivity contribution in [2.24, 2.45) is 0 Å². The Morgan fingerprint density at radius 2 is 2.00 bits per heavy atom. The minimum absolute atomic E-state index is 0.0183. The van der Waals surface area contributed by atoms with Crippen molar-refractivity contribution in [2.75, 3.05) is 20.3 Å². The molecule has 2 aromatic carbocycles. The molecule has 0 radical (unpaired) electrons. The van der Waals surface area contributed by atoms with E-state index in [0.29, 0.717) is 19.5 Å². The maximum atomic E-state index is 12.8. The van der Waals surface area contributed by atoms with Gasteiger partial charge in [-0.25, -0.2) is 0 Å². The van der Waals surface area contributed by atoms with E-state index in [-0.39, 0.29) is 12.5 Å². The van der Waals surface area contributed by atoms with Gasteiger partial charge in [0.25, 0.3) is 0 Å². The number of amides is 1. The fourth-order valence-electron chi connectivity index (χ4n) is 2.93. The fourth-order valence-corrected chi connectivity index (χ4v) is 2.93. The van der Waals surface area contributed by atoms with E-state index in [0.717, 1.165) is 27.6 Å². The predicted octanol–water partition coefficient (Wildman–Crippen LogP) is 2.81. The van der Waals surface area contributed by atoms with E-state index < -0.39 is 0 Å². The van der Waals surface area contributed by atoms with Crippen LogP contribution >= 0.6 is 0 Å². The highest BCUT2D eigenvalue weighted by atomic mass is 16.5. The zero-order valence-corrected chi connectivity index (χ0v) is 14.8. The molecule has 5 heteroatoms. The second-order valence-electron chi connectivity index (χ2n) is 6.12. The number of methoxy groups -OCH3 is 1. The lowest BCUT2D eigenvalue weighted by molar-refractivity contribution is -0.131. The first-order chi connectivity index (χ1) is 12.7. The van der Waals surface area contributed by atoms with Crippen LogP contribution < -0.4 is 4.74 Å². The van der Waals surface area contributed by atoms with Gasteiger partial charge in [0.15, 0.2) is 0 Å². The summed E-state index contributed by atoms with van der Waals surface area (Å²) in [5, 5.41) is 11.5. The number of nitrogens with zero attached hydrogens (tertiary/aromatic N) is 2. The summed E-state index contributed by atoms with van der Waals surface area (Å²) in [4.78, 5) is 18.5. The minimum atomic E-state index is -0.0703. The number of carbonyl (C=O) groups excluding carboxylic acids is 1. The van der Waals surface area contributed by atoms with Crippen LogP contribution in [0.5, 0.6) is 5.75 Å². The number of rotatable bonds is 7. The second kappa shape index (κ2) is 8.45. The summed E-state index contributed by atoms with van der Waals surface area (Å²) < 4.78 is 5.24. The molecule has 26 heavy (non-hydrogen) atoms. The Morgan fingerprint density at radius 1 is 1.12 bits per heavy atom. The van der Waals surface area contributed by atoms with Gasteiger partial charge in [0.2, 0.25) is 5.91 Å². The summed E-state index contributed by atoms with van der Waals surface area (Å²) in [6, 6.07) is 15.5. The van der Waals surface area contributed by atoms with Crippen LogP contribution in [-0.4, -0.2) is 41.2 Å². The van der Waals surface area contributed by atoms with Gasteiger partial charge in [-0.1, -0.05) is 30.3 Å². The Hall–Kier alpha value is -2.92.